The zero-order valence-electron chi connectivity index (χ0n) is 8.88. The van der Waals surface area contributed by atoms with Crippen molar-refractivity contribution in [3.8, 4) is 0 Å². The molecule has 1 unspecified atom stereocenters. The van der Waals surface area contributed by atoms with Gasteiger partial charge in [-0.15, -0.1) is 11.8 Å². The highest BCUT2D eigenvalue weighted by atomic mass is 79.9. The summed E-state index contributed by atoms with van der Waals surface area (Å²) in [5.74, 6) is 1.89. The molecule has 0 saturated heterocycles. The largest absolute Gasteiger partial charge is 0.124 e. The van der Waals surface area contributed by atoms with Gasteiger partial charge in [0.15, 0.2) is 0 Å². The quantitative estimate of drug-likeness (QED) is 0.511. The fraction of sp³-hybridized carbons (Fsp3) is 0.500. The molecular weight excluding hydrogens is 292 g/mol. The molecule has 84 valence electrons. The minimum Gasteiger partial charge on any atom is -0.124 e. The van der Waals surface area contributed by atoms with Crippen molar-refractivity contribution < 1.29 is 0 Å². The minimum atomic E-state index is 0.747. The lowest BCUT2D eigenvalue weighted by molar-refractivity contribution is 0.597. The van der Waals surface area contributed by atoms with Crippen LogP contribution in [0.3, 0.4) is 0 Å². The number of benzene rings is 1. The van der Waals surface area contributed by atoms with Gasteiger partial charge in [-0.1, -0.05) is 53.0 Å². The van der Waals surface area contributed by atoms with E-state index in [2.05, 4.69) is 28.9 Å². The highest BCUT2D eigenvalue weighted by molar-refractivity contribution is 9.09. The number of hydrogen-bond acceptors (Lipinski definition) is 1. The molecule has 0 aliphatic rings. The van der Waals surface area contributed by atoms with Crippen LogP contribution >= 0.6 is 39.3 Å². The Balaban J connectivity index is 2.45. The summed E-state index contributed by atoms with van der Waals surface area (Å²) in [6, 6.07) is 8.05. The van der Waals surface area contributed by atoms with Gasteiger partial charge in [-0.25, -0.2) is 0 Å². The van der Waals surface area contributed by atoms with Crippen molar-refractivity contribution in [3.63, 3.8) is 0 Å². The first-order chi connectivity index (χ1) is 7.27. The summed E-state index contributed by atoms with van der Waals surface area (Å²) in [5.41, 5.74) is 0. The fourth-order valence-electron chi connectivity index (χ4n) is 1.38. The average Bonchev–Trinajstić information content (AvgIpc) is 2.26. The molecule has 15 heavy (non-hydrogen) atoms. The first kappa shape index (κ1) is 13.4. The summed E-state index contributed by atoms with van der Waals surface area (Å²) in [6.07, 6.45) is 2.53. The smallest absolute Gasteiger partial charge is 0.0541 e. The second-order valence-corrected chi connectivity index (χ2v) is 5.67. The molecule has 0 bridgehead atoms. The number of alkyl halides is 1. The van der Waals surface area contributed by atoms with Gasteiger partial charge in [0, 0.05) is 16.0 Å². The second kappa shape index (κ2) is 7.59. The maximum atomic E-state index is 6.10. The maximum Gasteiger partial charge on any atom is 0.0541 e. The van der Waals surface area contributed by atoms with E-state index in [1.165, 1.54) is 17.7 Å². The van der Waals surface area contributed by atoms with E-state index in [9.17, 15) is 0 Å². The van der Waals surface area contributed by atoms with Crippen LogP contribution in [0.5, 0.6) is 0 Å². The van der Waals surface area contributed by atoms with Gasteiger partial charge in [-0.05, 0) is 24.5 Å². The molecule has 3 heteroatoms. The van der Waals surface area contributed by atoms with Gasteiger partial charge in [-0.3, -0.25) is 0 Å². The minimum absolute atomic E-state index is 0.747. The highest BCUT2D eigenvalue weighted by Gasteiger charge is 2.07. The van der Waals surface area contributed by atoms with Crippen molar-refractivity contribution in [1.29, 1.82) is 0 Å². The van der Waals surface area contributed by atoms with Gasteiger partial charge in [0.25, 0.3) is 0 Å². The standard InChI is InChI=1S/C12H16BrClS/c1-2-5-10(8-13)9-15-12-7-4-3-6-11(12)14/h3-4,6-7,10H,2,5,8-9H2,1H3. The zero-order chi connectivity index (χ0) is 11.1. The number of halogens is 2. The first-order valence-electron chi connectivity index (χ1n) is 5.21. The molecule has 0 aliphatic heterocycles. The van der Waals surface area contributed by atoms with E-state index in [0.29, 0.717) is 0 Å². The molecule has 0 fully saturated rings. The van der Waals surface area contributed by atoms with E-state index in [4.69, 9.17) is 11.6 Å². The summed E-state index contributed by atoms with van der Waals surface area (Å²) in [5, 5.41) is 1.95. The van der Waals surface area contributed by atoms with E-state index in [1.54, 1.807) is 0 Å². The van der Waals surface area contributed by atoms with Gasteiger partial charge in [-0.2, -0.15) is 0 Å². The topological polar surface area (TPSA) is 0 Å². The molecular formula is C12H16BrClS. The molecule has 0 heterocycles. The lowest BCUT2D eigenvalue weighted by atomic mass is 10.1. The molecule has 1 aromatic rings. The van der Waals surface area contributed by atoms with Gasteiger partial charge in [0.1, 0.15) is 0 Å². The molecule has 0 radical (unpaired) electrons. The van der Waals surface area contributed by atoms with Crippen LogP contribution in [0.15, 0.2) is 29.2 Å². The Morgan fingerprint density at radius 1 is 1.40 bits per heavy atom. The van der Waals surface area contributed by atoms with Crippen LogP contribution in [0, 0.1) is 5.92 Å². The Kier molecular flexibility index (Phi) is 6.78. The SMILES string of the molecule is CCCC(CBr)CSc1ccccc1Cl. The summed E-state index contributed by atoms with van der Waals surface area (Å²) < 4.78 is 0. The van der Waals surface area contributed by atoms with Crippen LogP contribution in [0.4, 0.5) is 0 Å². The summed E-state index contributed by atoms with van der Waals surface area (Å²) >= 11 is 11.5. The Labute approximate surface area is 110 Å². The third-order valence-electron chi connectivity index (χ3n) is 2.23. The van der Waals surface area contributed by atoms with Crippen LogP contribution in [0.25, 0.3) is 0 Å². The molecule has 1 rings (SSSR count). The third kappa shape index (κ3) is 4.80. The molecule has 0 N–H and O–H groups in total. The van der Waals surface area contributed by atoms with Gasteiger partial charge in [0.05, 0.1) is 5.02 Å². The first-order valence-corrected chi connectivity index (χ1v) is 7.69. The predicted octanol–water partition coefficient (Wildman–Crippen LogP) is 5.24. The molecule has 1 aromatic carbocycles. The lowest BCUT2D eigenvalue weighted by Gasteiger charge is -2.12. The van der Waals surface area contributed by atoms with E-state index in [-0.39, 0.29) is 0 Å². The normalized spacial score (nSPS) is 12.7. The molecule has 0 spiro atoms. The van der Waals surface area contributed by atoms with E-state index in [1.807, 2.05) is 30.0 Å². The summed E-state index contributed by atoms with van der Waals surface area (Å²) in [6.45, 7) is 2.23. The van der Waals surface area contributed by atoms with E-state index in [0.717, 1.165) is 22.0 Å². The molecule has 1 atom stereocenters. The monoisotopic (exact) mass is 306 g/mol. The van der Waals surface area contributed by atoms with Gasteiger partial charge >= 0.3 is 0 Å². The molecule has 0 aromatic heterocycles. The zero-order valence-corrected chi connectivity index (χ0v) is 12.0. The van der Waals surface area contributed by atoms with E-state index < -0.39 is 0 Å². The van der Waals surface area contributed by atoms with Gasteiger partial charge < -0.3 is 0 Å². The van der Waals surface area contributed by atoms with Crippen LogP contribution in [-0.4, -0.2) is 11.1 Å². The highest BCUT2D eigenvalue weighted by Crippen LogP contribution is 2.29. The Bertz CT molecular complexity index is 291. The van der Waals surface area contributed by atoms with Crippen molar-refractivity contribution in [3.05, 3.63) is 29.3 Å². The lowest BCUT2D eigenvalue weighted by Crippen LogP contribution is -2.04. The third-order valence-corrected chi connectivity index (χ3v) is 4.89. The second-order valence-electron chi connectivity index (χ2n) is 3.55. The van der Waals surface area contributed by atoms with E-state index >= 15 is 0 Å². The van der Waals surface area contributed by atoms with Crippen molar-refractivity contribution in [2.75, 3.05) is 11.1 Å². The number of rotatable bonds is 6. The number of thioether (sulfide) groups is 1. The summed E-state index contributed by atoms with van der Waals surface area (Å²) in [4.78, 5) is 1.20. The Hall–Kier alpha value is 0.340. The van der Waals surface area contributed by atoms with Crippen LogP contribution < -0.4 is 0 Å². The van der Waals surface area contributed by atoms with Gasteiger partial charge in [0.2, 0.25) is 0 Å². The molecule has 0 nitrogen and oxygen atoms in total. The van der Waals surface area contributed by atoms with Crippen molar-refractivity contribution in [2.45, 2.75) is 24.7 Å². The molecule has 0 amide bonds. The maximum absolute atomic E-state index is 6.10. The Morgan fingerprint density at radius 3 is 2.73 bits per heavy atom. The summed E-state index contributed by atoms with van der Waals surface area (Å²) in [7, 11) is 0. The van der Waals surface area contributed by atoms with Crippen LogP contribution in [0.1, 0.15) is 19.8 Å². The van der Waals surface area contributed by atoms with Crippen molar-refractivity contribution >= 4 is 39.3 Å². The molecule has 0 aliphatic carbocycles. The molecule has 0 saturated carbocycles. The predicted molar refractivity (Wildman–Crippen MR) is 74.4 cm³/mol. The fourth-order valence-corrected chi connectivity index (χ4v) is 3.62. The number of hydrogen-bond donors (Lipinski definition) is 0. The van der Waals surface area contributed by atoms with Crippen LogP contribution in [0.2, 0.25) is 5.02 Å². The van der Waals surface area contributed by atoms with Crippen molar-refractivity contribution in [1.82, 2.24) is 0 Å². The average molecular weight is 308 g/mol. The Morgan fingerprint density at radius 2 is 2.13 bits per heavy atom. The van der Waals surface area contributed by atoms with Crippen molar-refractivity contribution in [2.24, 2.45) is 5.92 Å². The van der Waals surface area contributed by atoms with Crippen LogP contribution in [-0.2, 0) is 0 Å².